The van der Waals surface area contributed by atoms with Crippen LogP contribution in [0.15, 0.2) is 18.2 Å². The Morgan fingerprint density at radius 3 is 2.71 bits per heavy atom. The summed E-state index contributed by atoms with van der Waals surface area (Å²) in [5.74, 6) is -0.121. The lowest BCUT2D eigenvalue weighted by Gasteiger charge is -2.01. The Balaban J connectivity index is 2.96. The highest BCUT2D eigenvalue weighted by Crippen LogP contribution is 2.24. The molecule has 1 aromatic carbocycles. The zero-order chi connectivity index (χ0) is 10.6. The van der Waals surface area contributed by atoms with Crippen LogP contribution in [0.1, 0.15) is 12.0 Å². The number of hydrogen-bond acceptors (Lipinski definition) is 4. The van der Waals surface area contributed by atoms with E-state index in [-0.39, 0.29) is 18.0 Å². The summed E-state index contributed by atoms with van der Waals surface area (Å²) in [6.45, 7) is -0.00195. The molecule has 0 aliphatic rings. The second-order valence-electron chi connectivity index (χ2n) is 2.90. The molecule has 0 aliphatic heterocycles. The van der Waals surface area contributed by atoms with Gasteiger partial charge in [-0.1, -0.05) is 0 Å². The number of aliphatic hydroxyl groups is 1. The summed E-state index contributed by atoms with van der Waals surface area (Å²) in [6, 6.07) is 4.02. The van der Waals surface area contributed by atoms with E-state index in [2.05, 4.69) is 0 Å². The Morgan fingerprint density at radius 1 is 1.43 bits per heavy atom. The van der Waals surface area contributed by atoms with E-state index in [1.54, 1.807) is 0 Å². The van der Waals surface area contributed by atoms with Crippen LogP contribution in [0.4, 0.5) is 5.69 Å². The standard InChI is InChI=1S/C9H11NO4/c11-5-1-2-7-3-4-8(12)6-9(7)10(13)14/h3-4,6,11-12H,1-2,5H2. The molecule has 0 saturated heterocycles. The minimum absolute atomic E-state index is 0.00195. The summed E-state index contributed by atoms with van der Waals surface area (Å²) in [4.78, 5) is 10.0. The number of aryl methyl sites for hydroxylation is 1. The number of nitrogens with zero attached hydrogens (tertiary/aromatic N) is 1. The maximum absolute atomic E-state index is 10.6. The topological polar surface area (TPSA) is 83.6 Å². The summed E-state index contributed by atoms with van der Waals surface area (Å²) in [7, 11) is 0. The van der Waals surface area contributed by atoms with Crippen molar-refractivity contribution in [3.63, 3.8) is 0 Å². The third-order valence-corrected chi connectivity index (χ3v) is 1.87. The monoisotopic (exact) mass is 197 g/mol. The lowest BCUT2D eigenvalue weighted by molar-refractivity contribution is -0.385. The average Bonchev–Trinajstić information content (AvgIpc) is 2.15. The van der Waals surface area contributed by atoms with E-state index in [0.29, 0.717) is 18.4 Å². The fraction of sp³-hybridized carbons (Fsp3) is 0.333. The highest BCUT2D eigenvalue weighted by atomic mass is 16.6. The van der Waals surface area contributed by atoms with Crippen molar-refractivity contribution in [3.8, 4) is 5.75 Å². The molecule has 0 atom stereocenters. The van der Waals surface area contributed by atoms with Gasteiger partial charge in [0.05, 0.1) is 11.0 Å². The number of aliphatic hydroxyl groups excluding tert-OH is 1. The number of rotatable bonds is 4. The molecule has 14 heavy (non-hydrogen) atoms. The SMILES string of the molecule is O=[N+]([O-])c1cc(O)ccc1CCCO. The first-order chi connectivity index (χ1) is 6.65. The van der Waals surface area contributed by atoms with Crippen LogP contribution in [0.25, 0.3) is 0 Å². The summed E-state index contributed by atoms with van der Waals surface area (Å²) in [5, 5.41) is 28.2. The minimum atomic E-state index is -0.535. The van der Waals surface area contributed by atoms with Gasteiger partial charge in [-0.2, -0.15) is 0 Å². The first kappa shape index (κ1) is 10.5. The number of aromatic hydroxyl groups is 1. The Morgan fingerprint density at radius 2 is 2.14 bits per heavy atom. The highest BCUT2D eigenvalue weighted by molar-refractivity contribution is 5.45. The molecule has 0 heterocycles. The van der Waals surface area contributed by atoms with Gasteiger partial charge in [0.25, 0.3) is 5.69 Å². The Kier molecular flexibility index (Phi) is 3.41. The van der Waals surface area contributed by atoms with Crippen LogP contribution in [-0.2, 0) is 6.42 Å². The van der Waals surface area contributed by atoms with Gasteiger partial charge in [0.2, 0.25) is 0 Å². The van der Waals surface area contributed by atoms with E-state index in [1.807, 2.05) is 0 Å². The molecule has 0 spiro atoms. The van der Waals surface area contributed by atoms with E-state index in [4.69, 9.17) is 10.2 Å². The van der Waals surface area contributed by atoms with Gasteiger partial charge in [-0.05, 0) is 25.0 Å². The van der Waals surface area contributed by atoms with E-state index in [1.165, 1.54) is 12.1 Å². The van der Waals surface area contributed by atoms with Crippen molar-refractivity contribution in [2.75, 3.05) is 6.61 Å². The van der Waals surface area contributed by atoms with Crippen LogP contribution < -0.4 is 0 Å². The largest absolute Gasteiger partial charge is 0.508 e. The predicted molar refractivity (Wildman–Crippen MR) is 50.2 cm³/mol. The Labute approximate surface area is 80.8 Å². The fourth-order valence-corrected chi connectivity index (χ4v) is 1.20. The molecule has 0 aliphatic carbocycles. The quantitative estimate of drug-likeness (QED) is 0.561. The predicted octanol–water partition coefficient (Wildman–Crippen LogP) is 1.23. The molecule has 0 aromatic heterocycles. The van der Waals surface area contributed by atoms with Crippen molar-refractivity contribution in [1.29, 1.82) is 0 Å². The molecule has 0 fully saturated rings. The van der Waals surface area contributed by atoms with Gasteiger partial charge in [0.1, 0.15) is 5.75 Å². The molecule has 0 unspecified atom stereocenters. The van der Waals surface area contributed by atoms with Crippen LogP contribution in [0.2, 0.25) is 0 Å². The molecular weight excluding hydrogens is 186 g/mol. The Bertz CT molecular complexity index is 338. The molecule has 1 rings (SSSR count). The van der Waals surface area contributed by atoms with Gasteiger partial charge >= 0.3 is 0 Å². The van der Waals surface area contributed by atoms with E-state index >= 15 is 0 Å². The molecule has 0 saturated carbocycles. The summed E-state index contributed by atoms with van der Waals surface area (Å²) < 4.78 is 0. The van der Waals surface area contributed by atoms with Crippen molar-refractivity contribution in [1.82, 2.24) is 0 Å². The first-order valence-electron chi connectivity index (χ1n) is 4.22. The lowest BCUT2D eigenvalue weighted by Crippen LogP contribution is -1.96. The Hall–Kier alpha value is -1.62. The van der Waals surface area contributed by atoms with Crippen molar-refractivity contribution in [2.24, 2.45) is 0 Å². The molecule has 1 aromatic rings. The number of nitro benzene ring substituents is 1. The first-order valence-corrected chi connectivity index (χ1v) is 4.22. The number of hydrogen-bond donors (Lipinski definition) is 2. The molecular formula is C9H11NO4. The maximum Gasteiger partial charge on any atom is 0.276 e. The van der Waals surface area contributed by atoms with Crippen LogP contribution in [0.5, 0.6) is 5.75 Å². The minimum Gasteiger partial charge on any atom is -0.508 e. The van der Waals surface area contributed by atoms with Crippen molar-refractivity contribution >= 4 is 5.69 Å². The number of benzene rings is 1. The van der Waals surface area contributed by atoms with Gasteiger partial charge in [-0.25, -0.2) is 0 Å². The summed E-state index contributed by atoms with van der Waals surface area (Å²) >= 11 is 0. The van der Waals surface area contributed by atoms with Gasteiger partial charge in [-0.15, -0.1) is 0 Å². The third-order valence-electron chi connectivity index (χ3n) is 1.87. The van der Waals surface area contributed by atoms with Crippen molar-refractivity contribution < 1.29 is 15.1 Å². The zero-order valence-electron chi connectivity index (χ0n) is 7.51. The third kappa shape index (κ3) is 2.43. The number of phenolic OH excluding ortho intramolecular Hbond substituents is 1. The lowest BCUT2D eigenvalue weighted by atomic mass is 10.1. The zero-order valence-corrected chi connectivity index (χ0v) is 7.51. The molecule has 0 bridgehead atoms. The second-order valence-corrected chi connectivity index (χ2v) is 2.90. The average molecular weight is 197 g/mol. The van der Waals surface area contributed by atoms with Gasteiger partial charge < -0.3 is 10.2 Å². The van der Waals surface area contributed by atoms with E-state index < -0.39 is 4.92 Å². The van der Waals surface area contributed by atoms with Crippen LogP contribution in [-0.4, -0.2) is 21.7 Å². The van der Waals surface area contributed by atoms with Crippen LogP contribution in [0.3, 0.4) is 0 Å². The van der Waals surface area contributed by atoms with Crippen LogP contribution >= 0.6 is 0 Å². The number of phenols is 1. The highest BCUT2D eigenvalue weighted by Gasteiger charge is 2.13. The summed E-state index contributed by atoms with van der Waals surface area (Å²) in [5.41, 5.74) is 0.431. The number of nitro groups is 1. The van der Waals surface area contributed by atoms with Gasteiger partial charge in [0, 0.05) is 12.2 Å². The van der Waals surface area contributed by atoms with Gasteiger partial charge in [-0.3, -0.25) is 10.1 Å². The normalized spacial score (nSPS) is 10.1. The molecule has 2 N–H and O–H groups in total. The van der Waals surface area contributed by atoms with Gasteiger partial charge in [0.15, 0.2) is 0 Å². The fourth-order valence-electron chi connectivity index (χ4n) is 1.20. The molecule has 0 radical (unpaired) electrons. The second kappa shape index (κ2) is 4.57. The molecule has 76 valence electrons. The summed E-state index contributed by atoms with van der Waals surface area (Å²) in [6.07, 6.45) is 0.915. The van der Waals surface area contributed by atoms with Crippen molar-refractivity contribution in [2.45, 2.75) is 12.8 Å². The molecule has 0 amide bonds. The molecule has 5 heteroatoms. The van der Waals surface area contributed by atoms with Crippen molar-refractivity contribution in [3.05, 3.63) is 33.9 Å². The molecule has 5 nitrogen and oxygen atoms in total. The van der Waals surface area contributed by atoms with E-state index in [9.17, 15) is 10.1 Å². The van der Waals surface area contributed by atoms with E-state index in [0.717, 1.165) is 6.07 Å². The maximum atomic E-state index is 10.6. The smallest absolute Gasteiger partial charge is 0.276 e. The van der Waals surface area contributed by atoms with Crippen LogP contribution in [0, 0.1) is 10.1 Å².